The Bertz CT molecular complexity index is 670. The maximum absolute atomic E-state index is 11.7. The molecule has 2 aromatic rings. The SMILES string of the molecule is CN(C)C(=O)N[C@@H]1CCN(c2n[nH]c3nccc(Cl)c23)C1. The number of pyridine rings is 1. The number of carbonyl (C=O) groups excluding carboxylic acids is 1. The number of amides is 2. The van der Waals surface area contributed by atoms with E-state index < -0.39 is 0 Å². The lowest BCUT2D eigenvalue weighted by atomic mass is 10.3. The van der Waals surface area contributed by atoms with Crippen LogP contribution in [0.4, 0.5) is 10.6 Å². The van der Waals surface area contributed by atoms with Gasteiger partial charge in [-0.25, -0.2) is 9.78 Å². The van der Waals surface area contributed by atoms with E-state index in [4.69, 9.17) is 11.6 Å². The third kappa shape index (κ3) is 2.61. The molecule has 3 heterocycles. The van der Waals surface area contributed by atoms with Crippen LogP contribution in [-0.2, 0) is 0 Å². The number of rotatable bonds is 2. The monoisotopic (exact) mass is 308 g/mol. The summed E-state index contributed by atoms with van der Waals surface area (Å²) in [5, 5.41) is 11.7. The van der Waals surface area contributed by atoms with Crippen molar-refractivity contribution < 1.29 is 4.79 Å². The second-order valence-electron chi connectivity index (χ2n) is 5.34. The number of carbonyl (C=O) groups is 1. The molecule has 2 aromatic heterocycles. The largest absolute Gasteiger partial charge is 0.352 e. The van der Waals surface area contributed by atoms with E-state index >= 15 is 0 Å². The molecule has 1 aliphatic rings. The van der Waals surface area contributed by atoms with Crippen molar-refractivity contribution in [1.29, 1.82) is 0 Å². The highest BCUT2D eigenvalue weighted by atomic mass is 35.5. The lowest BCUT2D eigenvalue weighted by Crippen LogP contribution is -2.42. The summed E-state index contributed by atoms with van der Waals surface area (Å²) in [6.07, 6.45) is 2.53. The maximum atomic E-state index is 11.7. The molecular formula is C13H17ClN6O. The van der Waals surface area contributed by atoms with Crippen molar-refractivity contribution in [2.75, 3.05) is 32.1 Å². The number of anilines is 1. The first-order valence-corrected chi connectivity index (χ1v) is 7.15. The lowest BCUT2D eigenvalue weighted by molar-refractivity contribution is 0.214. The van der Waals surface area contributed by atoms with Gasteiger partial charge in [0.15, 0.2) is 11.5 Å². The first-order valence-electron chi connectivity index (χ1n) is 6.77. The average molecular weight is 309 g/mol. The molecule has 3 rings (SSSR count). The molecule has 1 aliphatic heterocycles. The molecule has 2 amide bonds. The molecule has 2 N–H and O–H groups in total. The summed E-state index contributed by atoms with van der Waals surface area (Å²) in [4.78, 5) is 19.6. The lowest BCUT2D eigenvalue weighted by Gasteiger charge is -2.19. The second kappa shape index (κ2) is 5.40. The first-order chi connectivity index (χ1) is 10.1. The number of nitrogens with zero attached hydrogens (tertiary/aromatic N) is 4. The summed E-state index contributed by atoms with van der Waals surface area (Å²) in [6.45, 7) is 1.54. The van der Waals surface area contributed by atoms with Crippen LogP contribution >= 0.6 is 11.6 Å². The number of halogens is 1. The number of aromatic amines is 1. The highest BCUT2D eigenvalue weighted by Crippen LogP contribution is 2.31. The molecule has 0 unspecified atom stereocenters. The van der Waals surface area contributed by atoms with Gasteiger partial charge in [-0.15, -0.1) is 0 Å². The molecule has 1 atom stereocenters. The van der Waals surface area contributed by atoms with Crippen molar-refractivity contribution in [3.05, 3.63) is 17.3 Å². The van der Waals surface area contributed by atoms with E-state index in [9.17, 15) is 4.79 Å². The Hall–Kier alpha value is -2.02. The minimum atomic E-state index is -0.0755. The predicted octanol–water partition coefficient (Wildman–Crippen LogP) is 1.46. The Morgan fingerprint density at radius 1 is 1.57 bits per heavy atom. The number of nitrogens with one attached hydrogen (secondary N) is 2. The average Bonchev–Trinajstić information content (AvgIpc) is 3.05. The van der Waals surface area contributed by atoms with Crippen LogP contribution in [0.15, 0.2) is 12.3 Å². The van der Waals surface area contributed by atoms with Gasteiger partial charge < -0.3 is 15.1 Å². The van der Waals surface area contributed by atoms with Gasteiger partial charge in [-0.2, -0.15) is 5.10 Å². The molecule has 0 spiro atoms. The fourth-order valence-electron chi connectivity index (χ4n) is 2.50. The molecule has 0 radical (unpaired) electrons. The van der Waals surface area contributed by atoms with E-state index in [0.29, 0.717) is 17.2 Å². The molecule has 1 fully saturated rings. The van der Waals surface area contributed by atoms with Gasteiger partial charge in [0.1, 0.15) is 0 Å². The van der Waals surface area contributed by atoms with Crippen molar-refractivity contribution in [2.45, 2.75) is 12.5 Å². The van der Waals surface area contributed by atoms with E-state index in [0.717, 1.165) is 24.2 Å². The zero-order chi connectivity index (χ0) is 15.0. The van der Waals surface area contributed by atoms with Gasteiger partial charge in [0.05, 0.1) is 10.4 Å². The highest BCUT2D eigenvalue weighted by molar-refractivity contribution is 6.36. The first kappa shape index (κ1) is 13.9. The van der Waals surface area contributed by atoms with Gasteiger partial charge in [0.25, 0.3) is 0 Å². The van der Waals surface area contributed by atoms with Crippen LogP contribution in [0, 0.1) is 0 Å². The molecule has 21 heavy (non-hydrogen) atoms. The molecule has 0 saturated carbocycles. The Labute approximate surface area is 127 Å². The third-order valence-electron chi connectivity index (χ3n) is 3.61. The van der Waals surface area contributed by atoms with Crippen LogP contribution in [-0.4, -0.2) is 59.3 Å². The van der Waals surface area contributed by atoms with E-state index in [1.54, 1.807) is 26.4 Å². The fraction of sp³-hybridized carbons (Fsp3) is 0.462. The van der Waals surface area contributed by atoms with Gasteiger partial charge in [-0.3, -0.25) is 5.10 Å². The van der Waals surface area contributed by atoms with Gasteiger partial charge in [-0.05, 0) is 12.5 Å². The summed E-state index contributed by atoms with van der Waals surface area (Å²) in [5.74, 6) is 0.796. The normalized spacial score (nSPS) is 18.2. The second-order valence-corrected chi connectivity index (χ2v) is 5.75. The molecule has 1 saturated heterocycles. The summed E-state index contributed by atoms with van der Waals surface area (Å²) in [7, 11) is 3.46. The summed E-state index contributed by atoms with van der Waals surface area (Å²) in [6, 6.07) is 1.79. The summed E-state index contributed by atoms with van der Waals surface area (Å²) < 4.78 is 0. The highest BCUT2D eigenvalue weighted by Gasteiger charge is 2.27. The molecule has 0 aromatic carbocycles. The smallest absolute Gasteiger partial charge is 0.317 e. The van der Waals surface area contributed by atoms with E-state index in [-0.39, 0.29) is 12.1 Å². The number of aromatic nitrogens is 3. The predicted molar refractivity (Wildman–Crippen MR) is 81.7 cm³/mol. The fourth-order valence-corrected chi connectivity index (χ4v) is 2.73. The van der Waals surface area contributed by atoms with Gasteiger partial charge in [-0.1, -0.05) is 11.6 Å². The van der Waals surface area contributed by atoms with E-state index in [2.05, 4.69) is 25.4 Å². The van der Waals surface area contributed by atoms with Crippen molar-refractivity contribution >= 4 is 34.5 Å². The Balaban J connectivity index is 1.78. The maximum Gasteiger partial charge on any atom is 0.317 e. The minimum absolute atomic E-state index is 0.0755. The van der Waals surface area contributed by atoms with Gasteiger partial charge in [0.2, 0.25) is 0 Å². The standard InChI is InChI=1S/C13H17ClN6O/c1-19(2)13(21)16-8-4-6-20(7-8)12-10-9(14)3-5-15-11(10)17-18-12/h3,5,8H,4,6-7H2,1-2H3,(H,16,21)(H,15,17,18)/t8-/m1/s1. The van der Waals surface area contributed by atoms with Crippen LogP contribution in [0.1, 0.15) is 6.42 Å². The van der Waals surface area contributed by atoms with Crippen LogP contribution < -0.4 is 10.2 Å². The summed E-state index contributed by atoms with van der Waals surface area (Å²) >= 11 is 6.24. The van der Waals surface area contributed by atoms with Gasteiger partial charge >= 0.3 is 6.03 Å². The Morgan fingerprint density at radius 3 is 3.14 bits per heavy atom. The number of hydrogen-bond acceptors (Lipinski definition) is 4. The zero-order valence-corrected chi connectivity index (χ0v) is 12.7. The molecule has 112 valence electrons. The van der Waals surface area contributed by atoms with Crippen LogP contribution in [0.5, 0.6) is 0 Å². The topological polar surface area (TPSA) is 77.2 Å². The van der Waals surface area contributed by atoms with E-state index in [1.165, 1.54) is 4.90 Å². The van der Waals surface area contributed by atoms with Crippen molar-refractivity contribution in [3.63, 3.8) is 0 Å². The molecule has 8 heteroatoms. The number of H-pyrrole nitrogens is 1. The van der Waals surface area contributed by atoms with Crippen LogP contribution in [0.25, 0.3) is 11.0 Å². The zero-order valence-electron chi connectivity index (χ0n) is 11.9. The van der Waals surface area contributed by atoms with E-state index in [1.807, 2.05) is 0 Å². The van der Waals surface area contributed by atoms with Crippen molar-refractivity contribution in [1.82, 2.24) is 25.4 Å². The van der Waals surface area contributed by atoms with Gasteiger partial charge in [0, 0.05) is 39.4 Å². The third-order valence-corrected chi connectivity index (χ3v) is 3.93. The molecule has 0 bridgehead atoms. The minimum Gasteiger partial charge on any atom is -0.352 e. The quantitative estimate of drug-likeness (QED) is 0.880. The molecule has 0 aliphatic carbocycles. The van der Waals surface area contributed by atoms with Crippen LogP contribution in [0.3, 0.4) is 0 Å². The van der Waals surface area contributed by atoms with Crippen LogP contribution in [0.2, 0.25) is 5.02 Å². The number of fused-ring (bicyclic) bond motifs is 1. The van der Waals surface area contributed by atoms with Crippen molar-refractivity contribution in [2.24, 2.45) is 0 Å². The summed E-state index contributed by atoms with van der Waals surface area (Å²) in [5.41, 5.74) is 0.679. The number of urea groups is 1. The number of hydrogen-bond donors (Lipinski definition) is 2. The molecular weight excluding hydrogens is 292 g/mol. The Kier molecular flexibility index (Phi) is 3.59. The Morgan fingerprint density at radius 2 is 2.38 bits per heavy atom. The van der Waals surface area contributed by atoms with Crippen molar-refractivity contribution in [3.8, 4) is 0 Å². The molecule has 7 nitrogen and oxygen atoms in total.